The monoisotopic (exact) mass is 282 g/mol. The topological polar surface area (TPSA) is 34.5 Å². The SMILES string of the molecule is C[C@H]1C(=O)N2C(OC[C@@H]2Cc2ccccc2)c2cccn21. The lowest BCUT2D eigenvalue weighted by atomic mass is 10.0. The van der Waals surface area contributed by atoms with E-state index in [0.29, 0.717) is 6.61 Å². The first kappa shape index (κ1) is 12.7. The van der Waals surface area contributed by atoms with Crippen molar-refractivity contribution in [1.82, 2.24) is 9.47 Å². The fourth-order valence-corrected chi connectivity index (χ4v) is 3.42. The van der Waals surface area contributed by atoms with Crippen molar-refractivity contribution in [2.24, 2.45) is 0 Å². The Bertz CT molecular complexity index is 664. The quantitative estimate of drug-likeness (QED) is 0.848. The molecule has 1 unspecified atom stereocenters. The fourth-order valence-electron chi connectivity index (χ4n) is 3.42. The highest BCUT2D eigenvalue weighted by atomic mass is 16.5. The molecule has 3 heterocycles. The van der Waals surface area contributed by atoms with Crippen LogP contribution < -0.4 is 0 Å². The molecule has 0 saturated carbocycles. The maximum atomic E-state index is 12.7. The summed E-state index contributed by atoms with van der Waals surface area (Å²) in [6.45, 7) is 2.56. The predicted octanol–water partition coefficient (Wildman–Crippen LogP) is 2.53. The van der Waals surface area contributed by atoms with E-state index < -0.39 is 0 Å². The van der Waals surface area contributed by atoms with Gasteiger partial charge >= 0.3 is 0 Å². The van der Waals surface area contributed by atoms with Crippen molar-refractivity contribution in [2.45, 2.75) is 31.7 Å². The summed E-state index contributed by atoms with van der Waals surface area (Å²) in [4.78, 5) is 14.6. The Morgan fingerprint density at radius 3 is 2.81 bits per heavy atom. The van der Waals surface area contributed by atoms with Crippen molar-refractivity contribution < 1.29 is 9.53 Å². The van der Waals surface area contributed by atoms with Crippen LogP contribution in [0.15, 0.2) is 48.7 Å². The van der Waals surface area contributed by atoms with Gasteiger partial charge in [0.15, 0.2) is 6.23 Å². The lowest BCUT2D eigenvalue weighted by Gasteiger charge is -2.36. The minimum atomic E-state index is -0.225. The Morgan fingerprint density at radius 1 is 1.19 bits per heavy atom. The van der Waals surface area contributed by atoms with Crippen molar-refractivity contribution in [3.8, 4) is 0 Å². The second-order valence-corrected chi connectivity index (χ2v) is 5.79. The second-order valence-electron chi connectivity index (χ2n) is 5.79. The molecule has 4 nitrogen and oxygen atoms in total. The van der Waals surface area contributed by atoms with Crippen molar-refractivity contribution in [3.63, 3.8) is 0 Å². The van der Waals surface area contributed by atoms with Gasteiger partial charge in [-0.3, -0.25) is 4.79 Å². The van der Waals surface area contributed by atoms with Crippen LogP contribution >= 0.6 is 0 Å². The average molecular weight is 282 g/mol. The van der Waals surface area contributed by atoms with Crippen LogP contribution in [0.25, 0.3) is 0 Å². The minimum Gasteiger partial charge on any atom is -0.350 e. The Balaban J connectivity index is 1.65. The number of ether oxygens (including phenoxy) is 1. The molecule has 0 spiro atoms. The lowest BCUT2D eigenvalue weighted by molar-refractivity contribution is -0.145. The number of hydrogen-bond acceptors (Lipinski definition) is 2. The lowest BCUT2D eigenvalue weighted by Crippen LogP contribution is -2.46. The summed E-state index contributed by atoms with van der Waals surface area (Å²) in [6, 6.07) is 14.3. The molecule has 1 amide bonds. The van der Waals surface area contributed by atoms with Crippen molar-refractivity contribution in [2.75, 3.05) is 6.61 Å². The molecule has 2 aliphatic rings. The molecule has 0 bridgehead atoms. The molecule has 0 N–H and O–H groups in total. The van der Waals surface area contributed by atoms with Gasteiger partial charge in [0.2, 0.25) is 5.91 Å². The number of rotatable bonds is 2. The Morgan fingerprint density at radius 2 is 2.00 bits per heavy atom. The van der Waals surface area contributed by atoms with Gasteiger partial charge in [0.1, 0.15) is 6.04 Å². The largest absolute Gasteiger partial charge is 0.350 e. The molecule has 4 rings (SSSR count). The summed E-state index contributed by atoms with van der Waals surface area (Å²) in [5.41, 5.74) is 2.32. The number of hydrogen-bond donors (Lipinski definition) is 0. The predicted molar refractivity (Wildman–Crippen MR) is 78.6 cm³/mol. The van der Waals surface area contributed by atoms with E-state index in [-0.39, 0.29) is 24.2 Å². The van der Waals surface area contributed by atoms with E-state index in [4.69, 9.17) is 4.74 Å². The fraction of sp³-hybridized carbons (Fsp3) is 0.353. The first-order valence-electron chi connectivity index (χ1n) is 7.40. The molecule has 21 heavy (non-hydrogen) atoms. The van der Waals surface area contributed by atoms with E-state index in [0.717, 1.165) is 12.1 Å². The first-order valence-corrected chi connectivity index (χ1v) is 7.40. The highest BCUT2D eigenvalue weighted by Gasteiger charge is 2.45. The molecule has 0 aliphatic carbocycles. The van der Waals surface area contributed by atoms with E-state index in [1.165, 1.54) is 5.56 Å². The molecule has 3 atom stereocenters. The van der Waals surface area contributed by atoms with Gasteiger partial charge in [-0.2, -0.15) is 0 Å². The van der Waals surface area contributed by atoms with Crippen molar-refractivity contribution >= 4 is 5.91 Å². The normalized spacial score (nSPS) is 27.6. The molecule has 1 fully saturated rings. The third-order valence-electron chi connectivity index (χ3n) is 4.50. The average Bonchev–Trinajstić information content (AvgIpc) is 3.12. The van der Waals surface area contributed by atoms with Crippen LogP contribution in [-0.4, -0.2) is 28.0 Å². The van der Waals surface area contributed by atoms with Gasteiger partial charge in [0.25, 0.3) is 0 Å². The van der Waals surface area contributed by atoms with Crippen LogP contribution in [0.3, 0.4) is 0 Å². The summed E-state index contributed by atoms with van der Waals surface area (Å²) < 4.78 is 7.95. The molecule has 4 heteroatoms. The number of aromatic nitrogens is 1. The molecule has 1 saturated heterocycles. The third-order valence-corrected chi connectivity index (χ3v) is 4.50. The summed E-state index contributed by atoms with van der Waals surface area (Å²) in [6.07, 6.45) is 2.58. The van der Waals surface area contributed by atoms with E-state index in [1.54, 1.807) is 0 Å². The number of fused-ring (bicyclic) bond motifs is 3. The summed E-state index contributed by atoms with van der Waals surface area (Å²) >= 11 is 0. The summed E-state index contributed by atoms with van der Waals surface area (Å²) in [7, 11) is 0. The molecular formula is C17H18N2O2. The molecular weight excluding hydrogens is 264 g/mol. The van der Waals surface area contributed by atoms with Crippen LogP contribution in [0.5, 0.6) is 0 Å². The van der Waals surface area contributed by atoms with Gasteiger partial charge < -0.3 is 14.2 Å². The van der Waals surface area contributed by atoms with E-state index in [2.05, 4.69) is 12.1 Å². The van der Waals surface area contributed by atoms with Crippen LogP contribution in [-0.2, 0) is 16.0 Å². The van der Waals surface area contributed by atoms with Crippen LogP contribution in [0.1, 0.15) is 30.5 Å². The van der Waals surface area contributed by atoms with Gasteiger partial charge in [-0.05, 0) is 31.0 Å². The smallest absolute Gasteiger partial charge is 0.248 e. The van der Waals surface area contributed by atoms with E-state index in [9.17, 15) is 4.79 Å². The summed E-state index contributed by atoms with van der Waals surface area (Å²) in [5, 5.41) is 0. The van der Waals surface area contributed by atoms with Crippen LogP contribution in [0.4, 0.5) is 0 Å². The number of carbonyl (C=O) groups is 1. The zero-order valence-electron chi connectivity index (χ0n) is 12.0. The maximum Gasteiger partial charge on any atom is 0.248 e. The number of amides is 1. The Kier molecular flexibility index (Phi) is 2.86. The summed E-state index contributed by atoms with van der Waals surface area (Å²) in [5.74, 6) is 0.155. The molecule has 2 aromatic rings. The Hall–Kier alpha value is -2.07. The van der Waals surface area contributed by atoms with E-state index >= 15 is 0 Å². The van der Waals surface area contributed by atoms with Gasteiger partial charge in [-0.1, -0.05) is 30.3 Å². The van der Waals surface area contributed by atoms with Crippen molar-refractivity contribution in [3.05, 3.63) is 59.9 Å². The van der Waals surface area contributed by atoms with Crippen LogP contribution in [0, 0.1) is 0 Å². The van der Waals surface area contributed by atoms with Gasteiger partial charge in [0.05, 0.1) is 18.3 Å². The molecule has 2 aliphatic heterocycles. The van der Waals surface area contributed by atoms with Crippen molar-refractivity contribution in [1.29, 1.82) is 0 Å². The Labute approximate surface area is 123 Å². The molecule has 0 radical (unpaired) electrons. The zero-order chi connectivity index (χ0) is 14.4. The van der Waals surface area contributed by atoms with Crippen LogP contribution in [0.2, 0.25) is 0 Å². The zero-order valence-corrected chi connectivity index (χ0v) is 12.0. The number of carbonyl (C=O) groups excluding carboxylic acids is 1. The van der Waals surface area contributed by atoms with E-state index in [1.807, 2.05) is 52.9 Å². The molecule has 1 aromatic heterocycles. The molecule has 1 aromatic carbocycles. The minimum absolute atomic E-state index is 0.121. The van der Waals surface area contributed by atoms with Gasteiger partial charge in [-0.25, -0.2) is 0 Å². The van der Waals surface area contributed by atoms with Gasteiger partial charge in [0, 0.05) is 6.20 Å². The number of benzene rings is 1. The highest BCUT2D eigenvalue weighted by Crippen LogP contribution is 2.39. The second kappa shape index (κ2) is 4.74. The molecule has 108 valence electrons. The van der Waals surface area contributed by atoms with Gasteiger partial charge in [-0.15, -0.1) is 0 Å². The third kappa shape index (κ3) is 1.90. The maximum absolute atomic E-state index is 12.7. The standard InChI is InChI=1S/C17H18N2O2/c1-12-16(20)19-14(10-13-6-3-2-4-7-13)11-21-17(19)15-8-5-9-18(12)15/h2-9,12,14,17H,10-11H2,1H3/t12-,14-,17?/m0/s1. The number of nitrogens with zero attached hydrogens (tertiary/aromatic N) is 2. The highest BCUT2D eigenvalue weighted by molar-refractivity contribution is 5.82. The first-order chi connectivity index (χ1) is 10.3.